The zero-order valence-corrected chi connectivity index (χ0v) is 21.0. The van der Waals surface area contributed by atoms with Crippen LogP contribution in [0.5, 0.6) is 0 Å². The molecule has 1 aromatic carbocycles. The van der Waals surface area contributed by atoms with Crippen LogP contribution in [-0.4, -0.2) is 36.4 Å². The van der Waals surface area contributed by atoms with Gasteiger partial charge in [-0.2, -0.15) is 0 Å². The fraction of sp³-hybridized carbons (Fsp3) is 0.667. The molecule has 1 amide bonds. The SMILES string of the molecule is CN=C(NCc1ccccc1CN1CCCC1=O)NC(C)CCC1CCCCC1.I. The molecule has 1 aliphatic heterocycles. The number of hydrogen-bond donors (Lipinski definition) is 2. The molecule has 2 N–H and O–H groups in total. The number of benzene rings is 1. The van der Waals surface area contributed by atoms with Gasteiger partial charge in [-0.3, -0.25) is 9.79 Å². The Morgan fingerprint density at radius 1 is 1.17 bits per heavy atom. The lowest BCUT2D eigenvalue weighted by Gasteiger charge is -2.24. The second-order valence-corrected chi connectivity index (χ2v) is 8.74. The van der Waals surface area contributed by atoms with Crippen LogP contribution in [0.1, 0.15) is 75.8 Å². The topological polar surface area (TPSA) is 56.7 Å². The van der Waals surface area contributed by atoms with Crippen LogP contribution in [0.4, 0.5) is 0 Å². The molecule has 1 heterocycles. The van der Waals surface area contributed by atoms with Gasteiger partial charge in [0, 0.05) is 39.1 Å². The maximum absolute atomic E-state index is 12.0. The lowest BCUT2D eigenvalue weighted by molar-refractivity contribution is -0.128. The first-order valence-corrected chi connectivity index (χ1v) is 11.5. The van der Waals surface area contributed by atoms with Gasteiger partial charge in [-0.05, 0) is 43.2 Å². The highest BCUT2D eigenvalue weighted by Crippen LogP contribution is 2.27. The Labute approximate surface area is 199 Å². The summed E-state index contributed by atoms with van der Waals surface area (Å²) in [4.78, 5) is 18.4. The van der Waals surface area contributed by atoms with Gasteiger partial charge in [0.25, 0.3) is 0 Å². The molecule has 30 heavy (non-hydrogen) atoms. The molecule has 0 radical (unpaired) electrons. The normalized spacial score (nSPS) is 18.8. The van der Waals surface area contributed by atoms with E-state index in [1.165, 1.54) is 56.1 Å². The molecule has 1 saturated heterocycles. The van der Waals surface area contributed by atoms with Gasteiger partial charge in [-0.1, -0.05) is 56.4 Å². The highest BCUT2D eigenvalue weighted by molar-refractivity contribution is 14.0. The number of nitrogens with zero attached hydrogens (tertiary/aromatic N) is 2. The number of carbonyl (C=O) groups excluding carboxylic acids is 1. The second-order valence-electron chi connectivity index (χ2n) is 8.74. The molecule has 1 aromatic rings. The van der Waals surface area contributed by atoms with Gasteiger partial charge in [-0.25, -0.2) is 0 Å². The number of amides is 1. The highest BCUT2D eigenvalue weighted by atomic mass is 127. The smallest absolute Gasteiger partial charge is 0.222 e. The summed E-state index contributed by atoms with van der Waals surface area (Å²) in [6, 6.07) is 8.81. The van der Waals surface area contributed by atoms with E-state index < -0.39 is 0 Å². The molecule has 1 unspecified atom stereocenters. The summed E-state index contributed by atoms with van der Waals surface area (Å²) in [5.74, 6) is 2.05. The van der Waals surface area contributed by atoms with Gasteiger partial charge < -0.3 is 15.5 Å². The molecule has 6 heteroatoms. The lowest BCUT2D eigenvalue weighted by atomic mass is 9.85. The van der Waals surface area contributed by atoms with Crippen molar-refractivity contribution in [3.05, 3.63) is 35.4 Å². The van der Waals surface area contributed by atoms with Gasteiger partial charge >= 0.3 is 0 Å². The molecular weight excluding hydrogens is 487 g/mol. The third-order valence-electron chi connectivity index (χ3n) is 6.44. The molecule has 0 aromatic heterocycles. The number of guanidine groups is 1. The van der Waals surface area contributed by atoms with Crippen LogP contribution in [0, 0.1) is 5.92 Å². The number of rotatable bonds is 8. The minimum absolute atomic E-state index is 0. The first-order valence-electron chi connectivity index (χ1n) is 11.5. The maximum atomic E-state index is 12.0. The molecule has 0 spiro atoms. The van der Waals surface area contributed by atoms with Gasteiger partial charge in [-0.15, -0.1) is 24.0 Å². The van der Waals surface area contributed by atoms with Crippen molar-refractivity contribution in [3.63, 3.8) is 0 Å². The van der Waals surface area contributed by atoms with Gasteiger partial charge in [0.2, 0.25) is 5.91 Å². The number of likely N-dealkylation sites (tertiary alicyclic amines) is 1. The summed E-state index contributed by atoms with van der Waals surface area (Å²) >= 11 is 0. The minimum Gasteiger partial charge on any atom is -0.354 e. The largest absolute Gasteiger partial charge is 0.354 e. The number of halogens is 1. The monoisotopic (exact) mass is 526 g/mol. The molecular formula is C24H39IN4O. The Balaban J connectivity index is 0.00000320. The summed E-state index contributed by atoms with van der Waals surface area (Å²) in [7, 11) is 1.83. The van der Waals surface area contributed by atoms with Crippen LogP contribution in [0.2, 0.25) is 0 Å². The highest BCUT2D eigenvalue weighted by Gasteiger charge is 2.21. The van der Waals surface area contributed by atoms with E-state index in [4.69, 9.17) is 0 Å². The summed E-state index contributed by atoms with van der Waals surface area (Å²) in [6.45, 7) is 4.55. The van der Waals surface area contributed by atoms with E-state index in [1.54, 1.807) is 0 Å². The Morgan fingerprint density at radius 3 is 2.57 bits per heavy atom. The van der Waals surface area contributed by atoms with Crippen LogP contribution >= 0.6 is 24.0 Å². The van der Waals surface area contributed by atoms with E-state index in [9.17, 15) is 4.79 Å². The molecule has 2 fully saturated rings. The van der Waals surface area contributed by atoms with Crippen LogP contribution in [0.15, 0.2) is 29.3 Å². The summed E-state index contributed by atoms with van der Waals surface area (Å²) in [6.07, 6.45) is 11.3. The fourth-order valence-electron chi connectivity index (χ4n) is 4.60. The molecule has 1 aliphatic carbocycles. The average Bonchev–Trinajstić information content (AvgIpc) is 3.15. The molecule has 2 aliphatic rings. The summed E-state index contributed by atoms with van der Waals surface area (Å²) < 4.78 is 0. The van der Waals surface area contributed by atoms with E-state index in [0.717, 1.165) is 24.8 Å². The van der Waals surface area contributed by atoms with E-state index in [-0.39, 0.29) is 29.9 Å². The predicted octanol–water partition coefficient (Wildman–Crippen LogP) is 4.84. The van der Waals surface area contributed by atoms with E-state index in [2.05, 4.69) is 46.8 Å². The fourth-order valence-corrected chi connectivity index (χ4v) is 4.60. The van der Waals surface area contributed by atoms with Crippen LogP contribution in [-0.2, 0) is 17.9 Å². The Morgan fingerprint density at radius 2 is 1.90 bits per heavy atom. The number of nitrogens with one attached hydrogen (secondary N) is 2. The van der Waals surface area contributed by atoms with Crippen LogP contribution in [0.25, 0.3) is 0 Å². The summed E-state index contributed by atoms with van der Waals surface area (Å²) in [5.41, 5.74) is 2.45. The minimum atomic E-state index is 0. The molecule has 1 saturated carbocycles. The van der Waals surface area contributed by atoms with Gasteiger partial charge in [0.05, 0.1) is 0 Å². The Bertz CT molecular complexity index is 688. The molecule has 1 atom stereocenters. The van der Waals surface area contributed by atoms with Gasteiger partial charge in [0.15, 0.2) is 5.96 Å². The van der Waals surface area contributed by atoms with Crippen molar-refractivity contribution in [2.24, 2.45) is 10.9 Å². The second kappa shape index (κ2) is 13.2. The number of aliphatic imine (C=N–C) groups is 1. The maximum Gasteiger partial charge on any atom is 0.222 e. The van der Waals surface area contributed by atoms with E-state index in [1.807, 2.05) is 11.9 Å². The Hall–Kier alpha value is -1.31. The predicted molar refractivity (Wildman–Crippen MR) is 135 cm³/mol. The number of carbonyl (C=O) groups is 1. The first-order chi connectivity index (χ1) is 14.2. The van der Waals surface area contributed by atoms with Crippen LogP contribution in [0.3, 0.4) is 0 Å². The van der Waals surface area contributed by atoms with E-state index >= 15 is 0 Å². The van der Waals surface area contributed by atoms with Crippen molar-refractivity contribution in [3.8, 4) is 0 Å². The molecule has 168 valence electrons. The lowest BCUT2D eigenvalue weighted by Crippen LogP contribution is -2.42. The van der Waals surface area contributed by atoms with Crippen molar-refractivity contribution >= 4 is 35.8 Å². The van der Waals surface area contributed by atoms with Crippen molar-refractivity contribution in [2.45, 2.75) is 83.8 Å². The third kappa shape index (κ3) is 7.75. The standard InChI is InChI=1S/C24H38N4O.HI/c1-19(14-15-20-9-4-3-5-10-20)27-24(25-2)26-17-21-11-6-7-12-22(21)18-28-16-8-13-23(28)29;/h6-7,11-12,19-20H,3-5,8-10,13-18H2,1-2H3,(H2,25,26,27);1H. The van der Waals surface area contributed by atoms with Gasteiger partial charge in [0.1, 0.15) is 0 Å². The summed E-state index contributed by atoms with van der Waals surface area (Å²) in [5, 5.41) is 7.02. The van der Waals surface area contributed by atoms with Crippen molar-refractivity contribution in [2.75, 3.05) is 13.6 Å². The van der Waals surface area contributed by atoms with E-state index in [0.29, 0.717) is 25.6 Å². The average molecular weight is 527 g/mol. The number of hydrogen-bond acceptors (Lipinski definition) is 2. The van der Waals surface area contributed by atoms with Crippen molar-refractivity contribution in [1.82, 2.24) is 15.5 Å². The van der Waals surface area contributed by atoms with Crippen LogP contribution < -0.4 is 10.6 Å². The third-order valence-corrected chi connectivity index (χ3v) is 6.44. The van der Waals surface area contributed by atoms with Crippen molar-refractivity contribution < 1.29 is 4.79 Å². The zero-order chi connectivity index (χ0) is 20.5. The molecule has 0 bridgehead atoms. The molecule has 3 rings (SSSR count). The molecule has 5 nitrogen and oxygen atoms in total. The quantitative estimate of drug-likeness (QED) is 0.290. The first kappa shape index (κ1) is 25.0. The zero-order valence-electron chi connectivity index (χ0n) is 18.7. The van der Waals surface area contributed by atoms with Crippen molar-refractivity contribution in [1.29, 1.82) is 0 Å². The Kier molecular flexibility index (Phi) is 11.0.